The first-order valence-electron chi connectivity index (χ1n) is 26.0. The minimum Gasteiger partial charge on any atom is -0.756 e. The van der Waals surface area contributed by atoms with Crippen molar-refractivity contribution >= 4 is 13.8 Å². The standard InChI is InChI=1S/C56H98NO7P/c1-6-8-10-12-14-16-18-20-22-24-26-28-29-30-31-33-35-37-39-41-43-45-47-49-56(58)64-55(54-63-65(59,60)62-52-50-57(3,4)5)53-61-51-48-46-44-42-40-38-36-34-32-27-25-23-21-19-17-15-13-11-9-7-2/h8,10,14,16,20-23,26,28,30-31,35,37,41,43,55H,6-7,9,11-13,15,17-19,24-25,27,29,32-34,36,38-40,42,44-54H2,1-5H3/b10-8-,16-14-,22-20-,23-21-,28-26-,31-30-,37-35-,43-41-. The van der Waals surface area contributed by atoms with Gasteiger partial charge in [0.05, 0.1) is 34.4 Å². The highest BCUT2D eigenvalue weighted by Gasteiger charge is 2.20. The van der Waals surface area contributed by atoms with Crippen LogP contribution < -0.4 is 4.89 Å². The van der Waals surface area contributed by atoms with Crippen molar-refractivity contribution in [1.82, 2.24) is 0 Å². The molecule has 0 amide bonds. The molecule has 0 saturated heterocycles. The largest absolute Gasteiger partial charge is 0.756 e. The number of hydrogen-bond acceptors (Lipinski definition) is 7. The fraction of sp³-hybridized carbons (Fsp3) is 0.696. The van der Waals surface area contributed by atoms with Crippen LogP contribution in [0.5, 0.6) is 0 Å². The molecule has 0 spiro atoms. The predicted octanol–water partition coefficient (Wildman–Crippen LogP) is 15.5. The number of ether oxygens (including phenoxy) is 2. The second kappa shape index (κ2) is 47.9. The van der Waals surface area contributed by atoms with E-state index in [0.29, 0.717) is 24.1 Å². The molecular formula is C56H98NO7P. The number of likely N-dealkylation sites (N-methyl/N-ethyl adjacent to an activating group) is 1. The molecule has 0 aromatic carbocycles. The fourth-order valence-corrected chi connectivity index (χ4v) is 7.38. The van der Waals surface area contributed by atoms with Gasteiger partial charge in [-0.05, 0) is 89.9 Å². The normalized spacial score (nSPS) is 14.4. The number of rotatable bonds is 47. The molecule has 0 bridgehead atoms. The molecule has 0 aliphatic heterocycles. The first-order chi connectivity index (χ1) is 31.6. The van der Waals surface area contributed by atoms with Crippen molar-refractivity contribution < 1.29 is 37.3 Å². The third kappa shape index (κ3) is 52.3. The Kier molecular flexibility index (Phi) is 46.0. The average molecular weight is 928 g/mol. The van der Waals surface area contributed by atoms with Crippen molar-refractivity contribution in [2.75, 3.05) is 54.1 Å². The van der Waals surface area contributed by atoms with E-state index in [9.17, 15) is 14.3 Å². The SMILES string of the molecule is CC/C=C\C/C=C\C/C=C\C/C=C\C/C=C\C/C=C\C/C=C\CCCC(=O)OC(COCCCCCCCCCCCC/C=C\CCCCCCCC)COP(=O)([O-])OCC[N+](C)(C)C. The minimum atomic E-state index is -4.55. The van der Waals surface area contributed by atoms with Crippen molar-refractivity contribution in [2.45, 2.75) is 200 Å². The third-order valence-electron chi connectivity index (χ3n) is 10.6. The van der Waals surface area contributed by atoms with Gasteiger partial charge in [0.2, 0.25) is 0 Å². The van der Waals surface area contributed by atoms with E-state index in [1.54, 1.807) is 0 Å². The Morgan fingerprint density at radius 3 is 1.35 bits per heavy atom. The maximum Gasteiger partial charge on any atom is 0.306 e. The zero-order chi connectivity index (χ0) is 47.6. The van der Waals surface area contributed by atoms with Crippen molar-refractivity contribution in [3.05, 3.63) is 97.2 Å². The molecule has 9 heteroatoms. The average Bonchev–Trinajstić information content (AvgIpc) is 3.27. The lowest BCUT2D eigenvalue weighted by molar-refractivity contribution is -0.870. The summed E-state index contributed by atoms with van der Waals surface area (Å²) in [7, 11) is 1.31. The van der Waals surface area contributed by atoms with Crippen LogP contribution in [0.4, 0.5) is 0 Å². The molecule has 8 nitrogen and oxygen atoms in total. The number of carbonyl (C=O) groups is 1. The van der Waals surface area contributed by atoms with Gasteiger partial charge in [0.1, 0.15) is 19.3 Å². The molecule has 2 atom stereocenters. The fourth-order valence-electron chi connectivity index (χ4n) is 6.65. The molecule has 374 valence electrons. The molecule has 0 N–H and O–H groups in total. The topological polar surface area (TPSA) is 94.1 Å². The van der Waals surface area contributed by atoms with Crippen LogP contribution in [-0.4, -0.2) is 70.7 Å². The third-order valence-corrected chi connectivity index (χ3v) is 11.6. The summed E-state index contributed by atoms with van der Waals surface area (Å²) in [5, 5.41) is 0. The van der Waals surface area contributed by atoms with E-state index >= 15 is 0 Å². The van der Waals surface area contributed by atoms with Crippen LogP contribution in [0, 0.1) is 0 Å². The maximum atomic E-state index is 12.7. The summed E-state index contributed by atoms with van der Waals surface area (Å²) in [6.45, 7) is 5.21. The Balaban J connectivity index is 4.28. The number of nitrogens with zero attached hydrogens (tertiary/aromatic N) is 1. The summed E-state index contributed by atoms with van der Waals surface area (Å²) >= 11 is 0. The molecule has 0 aliphatic carbocycles. The second-order valence-corrected chi connectivity index (χ2v) is 19.6. The second-order valence-electron chi connectivity index (χ2n) is 18.1. The summed E-state index contributed by atoms with van der Waals surface area (Å²) in [5.74, 6) is -0.394. The highest BCUT2D eigenvalue weighted by atomic mass is 31.2. The first-order valence-corrected chi connectivity index (χ1v) is 27.4. The molecule has 0 saturated carbocycles. The molecule has 0 fully saturated rings. The van der Waals surface area contributed by atoms with Crippen molar-refractivity contribution in [2.24, 2.45) is 0 Å². The molecule has 0 rings (SSSR count). The van der Waals surface area contributed by atoms with Gasteiger partial charge in [-0.2, -0.15) is 0 Å². The Labute approximate surface area is 400 Å². The zero-order valence-electron chi connectivity index (χ0n) is 42.4. The highest BCUT2D eigenvalue weighted by Crippen LogP contribution is 2.38. The number of esters is 1. The number of quaternary nitrogens is 1. The van der Waals surface area contributed by atoms with E-state index in [-0.39, 0.29) is 26.2 Å². The minimum absolute atomic E-state index is 0.0100. The van der Waals surface area contributed by atoms with Crippen LogP contribution in [0.3, 0.4) is 0 Å². The number of unbranched alkanes of at least 4 members (excludes halogenated alkanes) is 17. The Bertz CT molecular complexity index is 1360. The lowest BCUT2D eigenvalue weighted by Gasteiger charge is -2.28. The van der Waals surface area contributed by atoms with Gasteiger partial charge in [-0.3, -0.25) is 9.36 Å². The van der Waals surface area contributed by atoms with Crippen LogP contribution in [0.25, 0.3) is 0 Å². The molecule has 0 aromatic heterocycles. The highest BCUT2D eigenvalue weighted by molar-refractivity contribution is 7.45. The zero-order valence-corrected chi connectivity index (χ0v) is 43.3. The molecule has 0 radical (unpaired) electrons. The number of phosphoric acid groups is 1. The Morgan fingerprint density at radius 1 is 0.492 bits per heavy atom. The molecule has 0 heterocycles. The summed E-state index contributed by atoms with van der Waals surface area (Å²) in [6.07, 6.45) is 65.8. The van der Waals surface area contributed by atoms with Crippen molar-refractivity contribution in [3.63, 3.8) is 0 Å². The number of carbonyl (C=O) groups excluding carboxylic acids is 1. The van der Waals surface area contributed by atoms with Crippen molar-refractivity contribution in [3.8, 4) is 0 Å². The summed E-state index contributed by atoms with van der Waals surface area (Å²) in [5.41, 5.74) is 0. The van der Waals surface area contributed by atoms with Gasteiger partial charge in [0, 0.05) is 13.0 Å². The smallest absolute Gasteiger partial charge is 0.306 e. The van der Waals surface area contributed by atoms with E-state index in [1.807, 2.05) is 21.1 Å². The first kappa shape index (κ1) is 62.4. The van der Waals surface area contributed by atoms with E-state index < -0.39 is 19.9 Å². The number of phosphoric ester groups is 1. The number of hydrogen-bond donors (Lipinski definition) is 0. The van der Waals surface area contributed by atoms with Gasteiger partial charge in [-0.25, -0.2) is 0 Å². The van der Waals surface area contributed by atoms with Gasteiger partial charge >= 0.3 is 5.97 Å². The van der Waals surface area contributed by atoms with Gasteiger partial charge in [0.25, 0.3) is 7.82 Å². The predicted molar refractivity (Wildman–Crippen MR) is 277 cm³/mol. The molecular weight excluding hydrogens is 830 g/mol. The summed E-state index contributed by atoms with van der Waals surface area (Å²) in [4.78, 5) is 25.2. The maximum absolute atomic E-state index is 12.7. The molecule has 65 heavy (non-hydrogen) atoms. The Morgan fingerprint density at radius 2 is 0.892 bits per heavy atom. The van der Waals surface area contributed by atoms with Crippen molar-refractivity contribution in [1.29, 1.82) is 0 Å². The van der Waals surface area contributed by atoms with Crippen LogP contribution in [-0.2, 0) is 27.9 Å². The monoisotopic (exact) mass is 928 g/mol. The summed E-state index contributed by atoms with van der Waals surface area (Å²) in [6, 6.07) is 0. The van der Waals surface area contributed by atoms with Crippen LogP contribution in [0.2, 0.25) is 0 Å². The summed E-state index contributed by atoms with van der Waals surface area (Å²) < 4.78 is 34.7. The molecule has 0 aromatic rings. The van der Waals surface area contributed by atoms with E-state index in [1.165, 1.54) is 103 Å². The molecule has 0 aliphatic rings. The van der Waals surface area contributed by atoms with Crippen LogP contribution in [0.15, 0.2) is 97.2 Å². The van der Waals surface area contributed by atoms with Crippen LogP contribution in [0.1, 0.15) is 194 Å². The number of allylic oxidation sites excluding steroid dienone is 16. The van der Waals surface area contributed by atoms with Gasteiger partial charge in [-0.1, -0.05) is 195 Å². The quantitative estimate of drug-likeness (QED) is 0.0197. The lowest BCUT2D eigenvalue weighted by atomic mass is 10.1. The van der Waals surface area contributed by atoms with E-state index in [0.717, 1.165) is 64.2 Å². The van der Waals surface area contributed by atoms with E-state index in [4.69, 9.17) is 18.5 Å². The molecule has 2 unspecified atom stereocenters. The van der Waals surface area contributed by atoms with Crippen LogP contribution >= 0.6 is 7.82 Å². The van der Waals surface area contributed by atoms with E-state index in [2.05, 4.69) is 111 Å². The Hall–Kier alpha value is -2.58. The van der Waals surface area contributed by atoms with Gasteiger partial charge in [0.15, 0.2) is 0 Å². The lowest BCUT2D eigenvalue weighted by Crippen LogP contribution is -2.37. The van der Waals surface area contributed by atoms with Gasteiger partial charge in [-0.15, -0.1) is 0 Å². The van der Waals surface area contributed by atoms with Gasteiger partial charge < -0.3 is 27.9 Å².